The van der Waals surface area contributed by atoms with Crippen molar-refractivity contribution in [2.24, 2.45) is 0 Å². The highest BCUT2D eigenvalue weighted by Gasteiger charge is 2.22. The number of hydrogen-bond donors (Lipinski definition) is 2. The van der Waals surface area contributed by atoms with Gasteiger partial charge >= 0.3 is 0 Å². The first-order valence-electron chi connectivity index (χ1n) is 6.03. The number of aliphatic hydroxyl groups is 1. The zero-order valence-corrected chi connectivity index (χ0v) is 13.9. The lowest BCUT2D eigenvalue weighted by molar-refractivity contribution is 0.245. The van der Waals surface area contributed by atoms with Gasteiger partial charge in [0.25, 0.3) is 10.0 Å². The molecule has 0 aliphatic heterocycles. The summed E-state index contributed by atoms with van der Waals surface area (Å²) in [6, 6.07) is 8.29. The summed E-state index contributed by atoms with van der Waals surface area (Å²) in [6.45, 7) is -0.371. The highest BCUT2D eigenvalue weighted by molar-refractivity contribution is 9.10. The van der Waals surface area contributed by atoms with Gasteiger partial charge in [0, 0.05) is 25.8 Å². The number of aliphatic hydroxyl groups excluding tert-OH is 1. The van der Waals surface area contributed by atoms with Crippen LogP contribution in [0.15, 0.2) is 44.3 Å². The third-order valence-electron chi connectivity index (χ3n) is 2.77. The van der Waals surface area contributed by atoms with Gasteiger partial charge < -0.3 is 14.4 Å². The van der Waals surface area contributed by atoms with Gasteiger partial charge in [-0.25, -0.2) is 8.42 Å². The topological polar surface area (TPSA) is 82.8 Å². The molecule has 0 bridgehead atoms. The number of halogens is 1. The van der Waals surface area contributed by atoms with E-state index in [1.54, 1.807) is 18.2 Å². The van der Waals surface area contributed by atoms with Gasteiger partial charge in [-0.2, -0.15) is 0 Å². The van der Waals surface area contributed by atoms with Crippen molar-refractivity contribution in [1.29, 1.82) is 0 Å². The summed E-state index contributed by atoms with van der Waals surface area (Å²) in [5, 5.41) is 8.99. The Hall–Kier alpha value is -1.51. The molecule has 114 valence electrons. The first-order valence-corrected chi connectivity index (χ1v) is 8.30. The normalized spacial score (nSPS) is 11.4. The molecular weight excluding hydrogens is 360 g/mol. The SMILES string of the molecule is CN(C)c1cccc(NS(=O)(=O)c2cc(CO)oc2Br)c1. The monoisotopic (exact) mass is 374 g/mol. The molecular formula is C13H15BrN2O4S. The second-order valence-corrected chi connectivity index (χ2v) is 6.93. The van der Waals surface area contributed by atoms with E-state index >= 15 is 0 Å². The van der Waals surface area contributed by atoms with Crippen LogP contribution < -0.4 is 9.62 Å². The van der Waals surface area contributed by atoms with Crippen LogP contribution in [0.1, 0.15) is 5.76 Å². The van der Waals surface area contributed by atoms with Crippen molar-refractivity contribution in [3.8, 4) is 0 Å². The van der Waals surface area contributed by atoms with Crippen molar-refractivity contribution in [3.05, 3.63) is 40.8 Å². The minimum absolute atomic E-state index is 0.0539. The molecule has 0 amide bonds. The van der Waals surface area contributed by atoms with Gasteiger partial charge in [0.1, 0.15) is 17.3 Å². The van der Waals surface area contributed by atoms with Gasteiger partial charge in [-0.15, -0.1) is 0 Å². The molecule has 2 rings (SSSR count). The Morgan fingerprint density at radius 3 is 2.62 bits per heavy atom. The van der Waals surface area contributed by atoms with E-state index in [0.29, 0.717) is 5.69 Å². The van der Waals surface area contributed by atoms with E-state index < -0.39 is 10.0 Å². The quantitative estimate of drug-likeness (QED) is 0.839. The van der Waals surface area contributed by atoms with Crippen LogP contribution in [0.3, 0.4) is 0 Å². The van der Waals surface area contributed by atoms with E-state index in [-0.39, 0.29) is 21.9 Å². The maximum atomic E-state index is 12.3. The molecule has 0 atom stereocenters. The van der Waals surface area contributed by atoms with Crippen LogP contribution in [0.25, 0.3) is 0 Å². The Labute approximate surface area is 131 Å². The number of rotatable bonds is 5. The number of anilines is 2. The molecule has 0 saturated heterocycles. The van der Waals surface area contributed by atoms with Crippen molar-refractivity contribution < 1.29 is 17.9 Å². The lowest BCUT2D eigenvalue weighted by Crippen LogP contribution is -2.14. The van der Waals surface area contributed by atoms with Gasteiger partial charge in [-0.05, 0) is 34.1 Å². The summed E-state index contributed by atoms with van der Waals surface area (Å²) in [7, 11) is -0.0583. The predicted octanol–water partition coefficient (Wildman–Crippen LogP) is 2.40. The average molecular weight is 375 g/mol. The zero-order chi connectivity index (χ0) is 15.6. The van der Waals surface area contributed by atoms with Crippen LogP contribution in [0.2, 0.25) is 0 Å². The van der Waals surface area contributed by atoms with E-state index in [1.165, 1.54) is 6.07 Å². The average Bonchev–Trinajstić information content (AvgIpc) is 2.80. The summed E-state index contributed by atoms with van der Waals surface area (Å²) < 4.78 is 32.3. The molecule has 0 saturated carbocycles. The second kappa shape index (κ2) is 6.08. The van der Waals surface area contributed by atoms with Crippen molar-refractivity contribution in [2.75, 3.05) is 23.7 Å². The summed E-state index contributed by atoms with van der Waals surface area (Å²) in [5.41, 5.74) is 1.32. The molecule has 0 aliphatic carbocycles. The van der Waals surface area contributed by atoms with E-state index in [2.05, 4.69) is 20.7 Å². The number of nitrogens with one attached hydrogen (secondary N) is 1. The molecule has 0 unspecified atom stereocenters. The van der Waals surface area contributed by atoms with Crippen LogP contribution in [0, 0.1) is 0 Å². The number of nitrogens with zero attached hydrogens (tertiary/aromatic N) is 1. The maximum absolute atomic E-state index is 12.3. The van der Waals surface area contributed by atoms with Crippen molar-refractivity contribution in [3.63, 3.8) is 0 Å². The molecule has 1 heterocycles. The van der Waals surface area contributed by atoms with Crippen molar-refractivity contribution >= 4 is 37.3 Å². The Morgan fingerprint density at radius 2 is 2.05 bits per heavy atom. The fourth-order valence-corrected chi connectivity index (χ4v) is 3.77. The van der Waals surface area contributed by atoms with Crippen LogP contribution in [0.5, 0.6) is 0 Å². The third-order valence-corrected chi connectivity index (χ3v) is 5.00. The first-order chi connectivity index (χ1) is 9.83. The lowest BCUT2D eigenvalue weighted by atomic mass is 10.3. The minimum Gasteiger partial charge on any atom is -0.450 e. The minimum atomic E-state index is -3.80. The van der Waals surface area contributed by atoms with Crippen LogP contribution in [-0.2, 0) is 16.6 Å². The third kappa shape index (κ3) is 3.58. The number of benzene rings is 1. The number of sulfonamides is 1. The lowest BCUT2D eigenvalue weighted by Gasteiger charge is -2.14. The Kier molecular flexibility index (Phi) is 4.60. The molecule has 0 aliphatic rings. The molecule has 2 aromatic rings. The fraction of sp³-hybridized carbons (Fsp3) is 0.231. The van der Waals surface area contributed by atoms with Crippen LogP contribution in [-0.4, -0.2) is 27.6 Å². The molecule has 8 heteroatoms. The highest BCUT2D eigenvalue weighted by Crippen LogP contribution is 2.28. The summed E-state index contributed by atoms with van der Waals surface area (Å²) in [6.07, 6.45) is 0. The first kappa shape index (κ1) is 15.9. The molecule has 0 fully saturated rings. The molecule has 21 heavy (non-hydrogen) atoms. The summed E-state index contributed by atoms with van der Waals surface area (Å²) >= 11 is 3.04. The smallest absolute Gasteiger partial charge is 0.266 e. The molecule has 0 spiro atoms. The van der Waals surface area contributed by atoms with E-state index in [4.69, 9.17) is 9.52 Å². The van der Waals surface area contributed by atoms with Gasteiger partial charge in [0.05, 0.1) is 5.69 Å². The van der Waals surface area contributed by atoms with Crippen LogP contribution >= 0.6 is 15.9 Å². The molecule has 2 N–H and O–H groups in total. The van der Waals surface area contributed by atoms with E-state index in [9.17, 15) is 8.42 Å². The largest absolute Gasteiger partial charge is 0.450 e. The standard InChI is InChI=1S/C13H15BrN2O4S/c1-16(2)10-5-3-4-9(6-10)15-21(18,19)12-7-11(8-17)20-13(12)14/h3-7,15,17H,8H2,1-2H3. The number of hydrogen-bond acceptors (Lipinski definition) is 5. The van der Waals surface area contributed by atoms with Crippen molar-refractivity contribution in [1.82, 2.24) is 0 Å². The van der Waals surface area contributed by atoms with Gasteiger partial charge in [0.15, 0.2) is 4.67 Å². The fourth-order valence-electron chi connectivity index (χ4n) is 1.72. The summed E-state index contributed by atoms with van der Waals surface area (Å²) in [5.74, 6) is 0.171. The Balaban J connectivity index is 2.33. The Morgan fingerprint density at radius 1 is 1.33 bits per heavy atom. The van der Waals surface area contributed by atoms with Crippen molar-refractivity contribution in [2.45, 2.75) is 11.5 Å². The Bertz CT molecular complexity index is 740. The molecule has 6 nitrogen and oxygen atoms in total. The second-order valence-electron chi connectivity index (χ2n) is 4.56. The zero-order valence-electron chi connectivity index (χ0n) is 11.5. The molecule has 0 radical (unpaired) electrons. The predicted molar refractivity (Wildman–Crippen MR) is 83.9 cm³/mol. The highest BCUT2D eigenvalue weighted by atomic mass is 79.9. The number of furan rings is 1. The van der Waals surface area contributed by atoms with Gasteiger partial charge in [0.2, 0.25) is 0 Å². The van der Waals surface area contributed by atoms with Gasteiger partial charge in [-0.3, -0.25) is 4.72 Å². The maximum Gasteiger partial charge on any atom is 0.266 e. The van der Waals surface area contributed by atoms with E-state index in [0.717, 1.165) is 5.69 Å². The molecule has 1 aromatic carbocycles. The van der Waals surface area contributed by atoms with E-state index in [1.807, 2.05) is 25.1 Å². The van der Waals surface area contributed by atoms with Gasteiger partial charge in [-0.1, -0.05) is 6.07 Å². The summed E-state index contributed by atoms with van der Waals surface area (Å²) in [4.78, 5) is 1.82. The van der Waals surface area contributed by atoms with Crippen LogP contribution in [0.4, 0.5) is 11.4 Å². The molecule has 1 aromatic heterocycles.